The minimum atomic E-state index is -0.855. The SMILES string of the molecule is CCC1C[C@H](C(=O)N2CCN(C(C)=O)CC2)[C@H](C(=O)O)C1. The summed E-state index contributed by atoms with van der Waals surface area (Å²) in [5.74, 6) is -1.48. The lowest BCUT2D eigenvalue weighted by Gasteiger charge is -2.36. The van der Waals surface area contributed by atoms with Crippen molar-refractivity contribution in [1.29, 1.82) is 0 Å². The highest BCUT2D eigenvalue weighted by molar-refractivity contribution is 5.85. The van der Waals surface area contributed by atoms with Crippen LogP contribution in [-0.2, 0) is 14.4 Å². The van der Waals surface area contributed by atoms with E-state index in [9.17, 15) is 19.5 Å². The van der Waals surface area contributed by atoms with Crippen LogP contribution in [0.15, 0.2) is 0 Å². The van der Waals surface area contributed by atoms with E-state index in [1.807, 2.05) is 6.92 Å². The van der Waals surface area contributed by atoms with Crippen LogP contribution in [-0.4, -0.2) is 58.9 Å². The van der Waals surface area contributed by atoms with Crippen LogP contribution in [0.25, 0.3) is 0 Å². The van der Waals surface area contributed by atoms with Crippen molar-refractivity contribution in [2.45, 2.75) is 33.1 Å². The molecule has 0 aromatic rings. The summed E-state index contributed by atoms with van der Waals surface area (Å²) in [5.41, 5.74) is 0. The Hall–Kier alpha value is -1.59. The van der Waals surface area contributed by atoms with Crippen LogP contribution in [0, 0.1) is 17.8 Å². The maximum absolute atomic E-state index is 12.6. The average Bonchev–Trinajstić information content (AvgIpc) is 2.91. The number of hydrogen-bond acceptors (Lipinski definition) is 3. The molecule has 0 aromatic carbocycles. The highest BCUT2D eigenvalue weighted by Crippen LogP contribution is 2.39. The summed E-state index contributed by atoms with van der Waals surface area (Å²) in [6.45, 7) is 5.68. The molecular formula is C15H24N2O4. The monoisotopic (exact) mass is 296 g/mol. The first-order valence-electron chi connectivity index (χ1n) is 7.71. The van der Waals surface area contributed by atoms with Crippen LogP contribution in [0.1, 0.15) is 33.1 Å². The Bertz CT molecular complexity index is 429. The molecule has 0 spiro atoms. The van der Waals surface area contributed by atoms with E-state index in [0.29, 0.717) is 44.9 Å². The quantitative estimate of drug-likeness (QED) is 0.836. The Morgan fingerprint density at radius 2 is 1.52 bits per heavy atom. The molecule has 6 nitrogen and oxygen atoms in total. The molecule has 0 aromatic heterocycles. The van der Waals surface area contributed by atoms with E-state index in [-0.39, 0.29) is 11.8 Å². The summed E-state index contributed by atoms with van der Waals surface area (Å²) in [4.78, 5) is 38.7. The molecule has 1 aliphatic heterocycles. The first kappa shape index (κ1) is 15.8. The van der Waals surface area contributed by atoms with Gasteiger partial charge in [-0.05, 0) is 18.8 Å². The van der Waals surface area contributed by atoms with Gasteiger partial charge in [-0.15, -0.1) is 0 Å². The molecule has 118 valence electrons. The molecule has 2 aliphatic rings. The highest BCUT2D eigenvalue weighted by atomic mass is 16.4. The number of amides is 2. The first-order valence-corrected chi connectivity index (χ1v) is 7.71. The van der Waals surface area contributed by atoms with Gasteiger partial charge < -0.3 is 14.9 Å². The van der Waals surface area contributed by atoms with E-state index in [1.165, 1.54) is 6.92 Å². The highest BCUT2D eigenvalue weighted by Gasteiger charge is 2.44. The van der Waals surface area contributed by atoms with Crippen molar-refractivity contribution in [3.63, 3.8) is 0 Å². The van der Waals surface area contributed by atoms with Gasteiger partial charge in [0.1, 0.15) is 0 Å². The third-order valence-corrected chi connectivity index (χ3v) is 4.91. The Morgan fingerprint density at radius 3 is 2.00 bits per heavy atom. The molecule has 1 heterocycles. The molecule has 2 rings (SSSR count). The second-order valence-electron chi connectivity index (χ2n) is 6.13. The molecule has 1 unspecified atom stereocenters. The molecule has 6 heteroatoms. The molecule has 1 aliphatic carbocycles. The summed E-state index contributed by atoms with van der Waals surface area (Å²) in [6, 6.07) is 0. The fraction of sp³-hybridized carbons (Fsp3) is 0.800. The molecule has 2 fully saturated rings. The van der Waals surface area contributed by atoms with Gasteiger partial charge in [0.25, 0.3) is 0 Å². The van der Waals surface area contributed by atoms with Gasteiger partial charge in [-0.25, -0.2) is 0 Å². The fourth-order valence-corrected chi connectivity index (χ4v) is 3.50. The number of carbonyl (C=O) groups is 3. The number of piperazine rings is 1. The predicted molar refractivity (Wildman–Crippen MR) is 76.5 cm³/mol. The van der Waals surface area contributed by atoms with Crippen LogP contribution >= 0.6 is 0 Å². The zero-order valence-electron chi connectivity index (χ0n) is 12.7. The zero-order valence-corrected chi connectivity index (χ0v) is 12.7. The van der Waals surface area contributed by atoms with E-state index in [2.05, 4.69) is 0 Å². The predicted octanol–water partition coefficient (Wildman–Crippen LogP) is 0.814. The van der Waals surface area contributed by atoms with Gasteiger partial charge in [0, 0.05) is 33.1 Å². The normalized spacial score (nSPS) is 29.5. The van der Waals surface area contributed by atoms with E-state index in [4.69, 9.17) is 0 Å². The molecule has 2 amide bonds. The second-order valence-corrected chi connectivity index (χ2v) is 6.13. The van der Waals surface area contributed by atoms with Gasteiger partial charge in [-0.1, -0.05) is 13.3 Å². The topological polar surface area (TPSA) is 77.9 Å². The number of rotatable bonds is 3. The van der Waals surface area contributed by atoms with Crippen LogP contribution in [0.4, 0.5) is 0 Å². The minimum absolute atomic E-state index is 0.0254. The summed E-state index contributed by atoms with van der Waals surface area (Å²) >= 11 is 0. The minimum Gasteiger partial charge on any atom is -0.481 e. The summed E-state index contributed by atoms with van der Waals surface area (Å²) in [6.07, 6.45) is 2.21. The number of carboxylic acids is 1. The van der Waals surface area contributed by atoms with E-state index in [1.54, 1.807) is 9.80 Å². The van der Waals surface area contributed by atoms with Gasteiger partial charge in [-0.3, -0.25) is 14.4 Å². The Labute approximate surface area is 125 Å². The van der Waals surface area contributed by atoms with Crippen LogP contribution < -0.4 is 0 Å². The standard InChI is InChI=1S/C15H24N2O4/c1-3-11-8-12(13(9-11)15(20)21)14(19)17-6-4-16(5-7-17)10(2)18/h11-13H,3-9H2,1-2H3,(H,20,21)/t11?,12-,13+/m0/s1. The van der Waals surface area contributed by atoms with Crippen LogP contribution in [0.5, 0.6) is 0 Å². The van der Waals surface area contributed by atoms with Crippen molar-refractivity contribution in [3.8, 4) is 0 Å². The van der Waals surface area contributed by atoms with Gasteiger partial charge in [-0.2, -0.15) is 0 Å². The summed E-state index contributed by atoms with van der Waals surface area (Å²) in [7, 11) is 0. The lowest BCUT2D eigenvalue weighted by Crippen LogP contribution is -2.52. The van der Waals surface area contributed by atoms with Gasteiger partial charge in [0.15, 0.2) is 0 Å². The Morgan fingerprint density at radius 1 is 1.00 bits per heavy atom. The van der Waals surface area contributed by atoms with Gasteiger partial charge in [0.05, 0.1) is 11.8 Å². The van der Waals surface area contributed by atoms with Crippen molar-refractivity contribution in [2.24, 2.45) is 17.8 Å². The van der Waals surface area contributed by atoms with Crippen molar-refractivity contribution in [1.82, 2.24) is 9.80 Å². The number of nitrogens with zero attached hydrogens (tertiary/aromatic N) is 2. The largest absolute Gasteiger partial charge is 0.481 e. The molecule has 0 bridgehead atoms. The van der Waals surface area contributed by atoms with Crippen LogP contribution in [0.3, 0.4) is 0 Å². The lowest BCUT2D eigenvalue weighted by molar-refractivity contribution is -0.150. The second kappa shape index (κ2) is 6.45. The van der Waals surface area contributed by atoms with Crippen molar-refractivity contribution >= 4 is 17.8 Å². The number of carboxylic acid groups (broad SMARTS) is 1. The molecule has 1 saturated carbocycles. The number of aliphatic carboxylic acids is 1. The van der Waals surface area contributed by atoms with Crippen molar-refractivity contribution < 1.29 is 19.5 Å². The van der Waals surface area contributed by atoms with E-state index >= 15 is 0 Å². The number of hydrogen-bond donors (Lipinski definition) is 1. The fourth-order valence-electron chi connectivity index (χ4n) is 3.50. The smallest absolute Gasteiger partial charge is 0.307 e. The maximum Gasteiger partial charge on any atom is 0.307 e. The van der Waals surface area contributed by atoms with Crippen molar-refractivity contribution in [3.05, 3.63) is 0 Å². The van der Waals surface area contributed by atoms with Gasteiger partial charge >= 0.3 is 5.97 Å². The first-order chi connectivity index (χ1) is 9.93. The van der Waals surface area contributed by atoms with Crippen molar-refractivity contribution in [2.75, 3.05) is 26.2 Å². The Kier molecular flexibility index (Phi) is 4.85. The third kappa shape index (κ3) is 3.36. The van der Waals surface area contributed by atoms with Gasteiger partial charge in [0.2, 0.25) is 11.8 Å². The summed E-state index contributed by atoms with van der Waals surface area (Å²) < 4.78 is 0. The molecule has 1 N–H and O–H groups in total. The van der Waals surface area contributed by atoms with E-state index in [0.717, 1.165) is 6.42 Å². The molecular weight excluding hydrogens is 272 g/mol. The van der Waals surface area contributed by atoms with Crippen LogP contribution in [0.2, 0.25) is 0 Å². The molecule has 0 radical (unpaired) electrons. The summed E-state index contributed by atoms with van der Waals surface area (Å²) in [5, 5.41) is 9.34. The average molecular weight is 296 g/mol. The molecule has 3 atom stereocenters. The number of carbonyl (C=O) groups excluding carboxylic acids is 2. The zero-order chi connectivity index (χ0) is 15.6. The lowest BCUT2D eigenvalue weighted by atomic mass is 9.94. The van der Waals surface area contributed by atoms with E-state index < -0.39 is 17.8 Å². The molecule has 21 heavy (non-hydrogen) atoms. The Balaban J connectivity index is 1.99. The maximum atomic E-state index is 12.6. The molecule has 1 saturated heterocycles. The third-order valence-electron chi connectivity index (χ3n) is 4.91.